The smallest absolute Gasteiger partial charge is 0.245 e. The van der Waals surface area contributed by atoms with E-state index in [2.05, 4.69) is 0 Å². The van der Waals surface area contributed by atoms with E-state index >= 15 is 0 Å². The van der Waals surface area contributed by atoms with Crippen LogP contribution in [0.4, 0.5) is 5.69 Å². The van der Waals surface area contributed by atoms with Crippen LogP contribution in [0.1, 0.15) is 12.5 Å². The Balaban J connectivity index is 1.89. The first-order chi connectivity index (χ1) is 11.8. The quantitative estimate of drug-likeness (QED) is 0.824. The van der Waals surface area contributed by atoms with Crippen molar-refractivity contribution in [3.8, 4) is 0 Å². The fourth-order valence-electron chi connectivity index (χ4n) is 3.03. The van der Waals surface area contributed by atoms with Gasteiger partial charge in [0.25, 0.3) is 0 Å². The number of nitrogens with zero attached hydrogens (tertiary/aromatic N) is 2. The van der Waals surface area contributed by atoms with E-state index in [0.29, 0.717) is 11.6 Å². The van der Waals surface area contributed by atoms with Gasteiger partial charge < -0.3 is 4.90 Å². The van der Waals surface area contributed by atoms with Crippen molar-refractivity contribution >= 4 is 33.2 Å². The first-order valence-corrected chi connectivity index (χ1v) is 9.78. The molecule has 7 heteroatoms. The van der Waals surface area contributed by atoms with Crippen LogP contribution in [0.2, 0.25) is 5.02 Å². The lowest BCUT2D eigenvalue weighted by Gasteiger charge is -2.38. The number of aryl methyl sites for hydroxylation is 1. The molecule has 1 heterocycles. The minimum Gasteiger partial charge on any atom is -0.309 e. The molecule has 3 rings (SSSR count). The number of benzene rings is 2. The Morgan fingerprint density at radius 1 is 1.04 bits per heavy atom. The molecule has 0 spiro atoms. The molecule has 0 radical (unpaired) electrons. The number of para-hydroxylation sites is 1. The summed E-state index contributed by atoms with van der Waals surface area (Å²) in [6.07, 6.45) is 0. The van der Waals surface area contributed by atoms with E-state index in [4.69, 9.17) is 11.6 Å². The zero-order chi connectivity index (χ0) is 18.2. The molecule has 1 aliphatic heterocycles. The zero-order valence-electron chi connectivity index (χ0n) is 14.0. The molecular formula is C18H19ClN2O3S. The number of sulfonamides is 1. The topological polar surface area (TPSA) is 57.7 Å². The maximum absolute atomic E-state index is 12.9. The van der Waals surface area contributed by atoms with Gasteiger partial charge in [-0.3, -0.25) is 4.79 Å². The van der Waals surface area contributed by atoms with Crippen molar-refractivity contribution in [2.24, 2.45) is 0 Å². The van der Waals surface area contributed by atoms with E-state index in [1.807, 2.05) is 31.2 Å². The Morgan fingerprint density at radius 3 is 2.32 bits per heavy atom. The van der Waals surface area contributed by atoms with Crippen LogP contribution in [0.15, 0.2) is 53.4 Å². The molecule has 0 unspecified atom stereocenters. The predicted octanol–water partition coefficient (Wildman–Crippen LogP) is 3.07. The van der Waals surface area contributed by atoms with Gasteiger partial charge in [-0.15, -0.1) is 0 Å². The first kappa shape index (κ1) is 17.9. The van der Waals surface area contributed by atoms with E-state index in [1.165, 1.54) is 28.6 Å². The highest BCUT2D eigenvalue weighted by atomic mass is 35.5. The summed E-state index contributed by atoms with van der Waals surface area (Å²) in [5.74, 6) is -0.224. The molecule has 1 saturated heterocycles. The van der Waals surface area contributed by atoms with Gasteiger partial charge in [0.1, 0.15) is 6.04 Å². The molecule has 1 amide bonds. The minimum atomic E-state index is -3.75. The van der Waals surface area contributed by atoms with E-state index in [1.54, 1.807) is 11.8 Å². The lowest BCUT2D eigenvalue weighted by molar-refractivity contribution is -0.123. The molecule has 0 N–H and O–H groups in total. The Hall–Kier alpha value is -1.89. The number of hydrogen-bond acceptors (Lipinski definition) is 3. The number of carbonyl (C=O) groups is 1. The maximum Gasteiger partial charge on any atom is 0.245 e. The van der Waals surface area contributed by atoms with Crippen LogP contribution in [0, 0.1) is 6.92 Å². The van der Waals surface area contributed by atoms with Crippen LogP contribution < -0.4 is 4.90 Å². The number of carbonyl (C=O) groups excluding carboxylic acids is 1. The summed E-state index contributed by atoms with van der Waals surface area (Å²) in [4.78, 5) is 14.6. The van der Waals surface area contributed by atoms with Gasteiger partial charge in [0.15, 0.2) is 0 Å². The highest BCUT2D eigenvalue weighted by molar-refractivity contribution is 7.89. The average Bonchev–Trinajstić information content (AvgIpc) is 2.58. The Labute approximate surface area is 152 Å². The third kappa shape index (κ3) is 3.29. The monoisotopic (exact) mass is 378 g/mol. The summed E-state index contributed by atoms with van der Waals surface area (Å²) in [5, 5.41) is 0.465. The number of hydrogen-bond donors (Lipinski definition) is 0. The number of piperazine rings is 1. The summed E-state index contributed by atoms with van der Waals surface area (Å²) < 4.78 is 27.0. The van der Waals surface area contributed by atoms with Crippen LogP contribution in [0.3, 0.4) is 0 Å². The SMILES string of the molecule is Cc1ccccc1N1CCN(S(=O)(=O)c2ccc(Cl)cc2)[C@H](C)C1=O. The molecule has 1 aliphatic rings. The summed E-state index contributed by atoms with van der Waals surface area (Å²) in [6, 6.07) is 12.8. The van der Waals surface area contributed by atoms with Crippen molar-refractivity contribution in [3.05, 3.63) is 59.1 Å². The summed E-state index contributed by atoms with van der Waals surface area (Å²) in [6.45, 7) is 4.12. The fraction of sp³-hybridized carbons (Fsp3) is 0.278. The van der Waals surface area contributed by atoms with Gasteiger partial charge in [-0.2, -0.15) is 4.31 Å². The molecule has 0 saturated carbocycles. The van der Waals surface area contributed by atoms with Gasteiger partial charge in [0, 0.05) is 23.8 Å². The van der Waals surface area contributed by atoms with Crippen LogP contribution >= 0.6 is 11.6 Å². The molecular weight excluding hydrogens is 360 g/mol. The third-order valence-electron chi connectivity index (χ3n) is 4.43. The predicted molar refractivity (Wildman–Crippen MR) is 98.3 cm³/mol. The van der Waals surface area contributed by atoms with Crippen molar-refractivity contribution in [3.63, 3.8) is 0 Å². The largest absolute Gasteiger partial charge is 0.309 e. The number of anilines is 1. The van der Waals surface area contributed by atoms with E-state index in [0.717, 1.165) is 11.3 Å². The highest BCUT2D eigenvalue weighted by Crippen LogP contribution is 2.27. The Morgan fingerprint density at radius 2 is 1.68 bits per heavy atom. The number of rotatable bonds is 3. The molecule has 1 fully saturated rings. The Kier molecular flexibility index (Phi) is 4.86. The van der Waals surface area contributed by atoms with Crippen molar-refractivity contribution in [1.82, 2.24) is 4.31 Å². The van der Waals surface area contributed by atoms with Crippen molar-refractivity contribution < 1.29 is 13.2 Å². The normalized spacial score (nSPS) is 19.2. The van der Waals surface area contributed by atoms with E-state index in [9.17, 15) is 13.2 Å². The van der Waals surface area contributed by atoms with Gasteiger partial charge in [0.05, 0.1) is 4.90 Å². The maximum atomic E-state index is 12.9. The van der Waals surface area contributed by atoms with Crippen LogP contribution in [0.25, 0.3) is 0 Å². The van der Waals surface area contributed by atoms with E-state index < -0.39 is 16.1 Å². The number of amides is 1. The second-order valence-corrected chi connectivity index (χ2v) is 8.35. The minimum absolute atomic E-state index is 0.140. The molecule has 2 aromatic carbocycles. The molecule has 0 aromatic heterocycles. The molecule has 1 atom stereocenters. The van der Waals surface area contributed by atoms with Gasteiger partial charge in [0.2, 0.25) is 15.9 Å². The second-order valence-electron chi connectivity index (χ2n) is 6.02. The Bertz CT molecular complexity index is 897. The third-order valence-corrected chi connectivity index (χ3v) is 6.66. The lowest BCUT2D eigenvalue weighted by atomic mass is 10.1. The summed E-state index contributed by atoms with van der Waals surface area (Å²) in [7, 11) is -3.75. The molecule has 132 valence electrons. The highest BCUT2D eigenvalue weighted by Gasteiger charge is 2.39. The van der Waals surface area contributed by atoms with Gasteiger partial charge >= 0.3 is 0 Å². The summed E-state index contributed by atoms with van der Waals surface area (Å²) >= 11 is 5.83. The zero-order valence-corrected chi connectivity index (χ0v) is 15.6. The molecule has 0 bridgehead atoms. The molecule has 25 heavy (non-hydrogen) atoms. The van der Waals surface area contributed by atoms with Crippen LogP contribution in [0.5, 0.6) is 0 Å². The van der Waals surface area contributed by atoms with Crippen molar-refractivity contribution in [2.45, 2.75) is 24.8 Å². The molecule has 5 nitrogen and oxygen atoms in total. The fourth-order valence-corrected chi connectivity index (χ4v) is 4.73. The molecule has 0 aliphatic carbocycles. The van der Waals surface area contributed by atoms with E-state index in [-0.39, 0.29) is 17.3 Å². The van der Waals surface area contributed by atoms with Crippen molar-refractivity contribution in [1.29, 1.82) is 0 Å². The van der Waals surface area contributed by atoms with Crippen LogP contribution in [-0.4, -0.2) is 37.8 Å². The molecule has 2 aromatic rings. The van der Waals surface area contributed by atoms with Crippen molar-refractivity contribution in [2.75, 3.05) is 18.0 Å². The second kappa shape index (κ2) is 6.78. The van der Waals surface area contributed by atoms with Crippen LogP contribution in [-0.2, 0) is 14.8 Å². The van der Waals surface area contributed by atoms with Gasteiger partial charge in [-0.1, -0.05) is 29.8 Å². The lowest BCUT2D eigenvalue weighted by Crippen LogP contribution is -2.57. The first-order valence-electron chi connectivity index (χ1n) is 7.97. The van der Waals surface area contributed by atoms with Gasteiger partial charge in [-0.05, 0) is 49.7 Å². The summed E-state index contributed by atoms with van der Waals surface area (Å²) in [5.41, 5.74) is 1.81. The van der Waals surface area contributed by atoms with Gasteiger partial charge in [-0.25, -0.2) is 8.42 Å². The standard InChI is InChI=1S/C18H19ClN2O3S/c1-13-5-3-4-6-17(13)20-11-12-21(14(2)18(20)22)25(23,24)16-9-7-15(19)8-10-16/h3-10,14H,11-12H2,1-2H3/t14-/m1/s1. The number of halogens is 1. The average molecular weight is 379 g/mol.